The fourth-order valence-corrected chi connectivity index (χ4v) is 3.37. The molecule has 0 amide bonds. The van der Waals surface area contributed by atoms with Gasteiger partial charge in [-0.15, -0.1) is 11.3 Å². The monoisotopic (exact) mass is 276 g/mol. The lowest BCUT2D eigenvalue weighted by atomic mass is 9.95. The van der Waals surface area contributed by atoms with E-state index >= 15 is 0 Å². The van der Waals surface area contributed by atoms with E-state index in [-0.39, 0.29) is 0 Å². The van der Waals surface area contributed by atoms with Crippen molar-refractivity contribution in [1.82, 2.24) is 0 Å². The summed E-state index contributed by atoms with van der Waals surface area (Å²) in [6.45, 7) is 8.14. The largest absolute Gasteiger partial charge is 0.496 e. The van der Waals surface area contributed by atoms with Crippen LogP contribution in [0.15, 0.2) is 18.2 Å². The molecule has 19 heavy (non-hydrogen) atoms. The number of ether oxygens (including phenoxy) is 1. The Balaban J connectivity index is 2.47. The Labute approximate surface area is 118 Å². The Kier molecular flexibility index (Phi) is 3.97. The van der Waals surface area contributed by atoms with Crippen molar-refractivity contribution in [3.63, 3.8) is 0 Å². The maximum atomic E-state index is 10.6. The number of aliphatic hydroxyl groups is 1. The molecule has 1 unspecified atom stereocenters. The van der Waals surface area contributed by atoms with Crippen LogP contribution >= 0.6 is 11.3 Å². The number of aliphatic hydroxyl groups excluding tert-OH is 1. The van der Waals surface area contributed by atoms with E-state index in [0.29, 0.717) is 0 Å². The lowest BCUT2D eigenvalue weighted by Crippen LogP contribution is -2.03. The minimum atomic E-state index is -0.561. The molecule has 0 saturated carbocycles. The molecule has 0 aliphatic rings. The molecule has 0 radical (unpaired) electrons. The molecule has 1 aromatic heterocycles. The van der Waals surface area contributed by atoms with Crippen molar-refractivity contribution in [3.05, 3.63) is 50.2 Å². The van der Waals surface area contributed by atoms with Gasteiger partial charge in [0.1, 0.15) is 11.9 Å². The van der Waals surface area contributed by atoms with E-state index in [0.717, 1.165) is 28.0 Å². The molecule has 2 aromatic rings. The van der Waals surface area contributed by atoms with Gasteiger partial charge in [0, 0.05) is 9.75 Å². The van der Waals surface area contributed by atoms with Gasteiger partial charge in [-0.3, -0.25) is 0 Å². The lowest BCUT2D eigenvalue weighted by Gasteiger charge is -2.16. The van der Waals surface area contributed by atoms with E-state index in [9.17, 15) is 5.11 Å². The van der Waals surface area contributed by atoms with Crippen LogP contribution in [0, 0.1) is 27.7 Å². The molecular weight excluding hydrogens is 256 g/mol. The van der Waals surface area contributed by atoms with E-state index < -0.39 is 6.10 Å². The number of aryl methyl sites for hydroxylation is 4. The summed E-state index contributed by atoms with van der Waals surface area (Å²) in [5.41, 5.74) is 4.07. The van der Waals surface area contributed by atoms with E-state index in [1.165, 1.54) is 9.75 Å². The van der Waals surface area contributed by atoms with Crippen molar-refractivity contribution in [2.75, 3.05) is 7.11 Å². The first-order valence-corrected chi connectivity index (χ1v) is 7.15. The molecule has 0 bridgehead atoms. The van der Waals surface area contributed by atoms with E-state index in [4.69, 9.17) is 4.74 Å². The van der Waals surface area contributed by atoms with Gasteiger partial charge < -0.3 is 9.84 Å². The summed E-state index contributed by atoms with van der Waals surface area (Å²) in [7, 11) is 1.67. The highest BCUT2D eigenvalue weighted by atomic mass is 32.1. The topological polar surface area (TPSA) is 29.5 Å². The molecule has 1 atom stereocenters. The lowest BCUT2D eigenvalue weighted by molar-refractivity contribution is 0.219. The fraction of sp³-hybridized carbons (Fsp3) is 0.375. The maximum absolute atomic E-state index is 10.6. The molecule has 3 heteroatoms. The molecule has 1 aromatic carbocycles. The summed E-state index contributed by atoms with van der Waals surface area (Å²) in [4.78, 5) is 2.41. The van der Waals surface area contributed by atoms with Crippen LogP contribution in [0.3, 0.4) is 0 Å². The van der Waals surface area contributed by atoms with Crippen LogP contribution in [0.1, 0.15) is 38.1 Å². The second kappa shape index (κ2) is 5.35. The SMILES string of the molecule is COc1cc(C)c(C(O)c2cc(C)sc2C)cc1C. The normalized spacial score (nSPS) is 12.5. The Morgan fingerprint density at radius 3 is 2.21 bits per heavy atom. The van der Waals surface area contributed by atoms with Crippen LogP contribution < -0.4 is 4.74 Å². The van der Waals surface area contributed by atoms with Crippen molar-refractivity contribution >= 4 is 11.3 Å². The standard InChI is InChI=1S/C16H20O2S/c1-9-7-15(18-5)10(2)6-13(9)16(17)14-8-11(3)19-12(14)4/h6-8,16-17H,1-5H3. The van der Waals surface area contributed by atoms with Crippen LogP contribution in [0.2, 0.25) is 0 Å². The summed E-state index contributed by atoms with van der Waals surface area (Å²) in [6.07, 6.45) is -0.561. The molecule has 102 valence electrons. The van der Waals surface area contributed by atoms with E-state index in [1.54, 1.807) is 18.4 Å². The zero-order valence-corrected chi connectivity index (χ0v) is 12.9. The third-order valence-electron chi connectivity index (χ3n) is 3.45. The van der Waals surface area contributed by atoms with E-state index in [2.05, 4.69) is 19.9 Å². The van der Waals surface area contributed by atoms with Crippen molar-refractivity contribution in [1.29, 1.82) is 0 Å². The van der Waals surface area contributed by atoms with Crippen LogP contribution in [0.5, 0.6) is 5.75 Å². The zero-order chi connectivity index (χ0) is 14.2. The third kappa shape index (κ3) is 2.67. The number of methoxy groups -OCH3 is 1. The second-order valence-electron chi connectivity index (χ2n) is 4.95. The summed E-state index contributed by atoms with van der Waals surface area (Å²) in [5, 5.41) is 10.6. The highest BCUT2D eigenvalue weighted by Gasteiger charge is 2.18. The molecule has 1 heterocycles. The molecule has 0 saturated heterocycles. The second-order valence-corrected chi connectivity index (χ2v) is 6.41. The van der Waals surface area contributed by atoms with Crippen LogP contribution in [0.4, 0.5) is 0 Å². The Morgan fingerprint density at radius 2 is 1.68 bits per heavy atom. The van der Waals surface area contributed by atoms with E-state index in [1.807, 2.05) is 26.0 Å². The Hall–Kier alpha value is -1.32. The predicted molar refractivity (Wildman–Crippen MR) is 80.3 cm³/mol. The van der Waals surface area contributed by atoms with Gasteiger partial charge in [0.15, 0.2) is 0 Å². The summed E-state index contributed by atoms with van der Waals surface area (Å²) >= 11 is 1.73. The van der Waals surface area contributed by atoms with Gasteiger partial charge in [0.2, 0.25) is 0 Å². The van der Waals surface area contributed by atoms with Crippen molar-refractivity contribution < 1.29 is 9.84 Å². The first-order valence-electron chi connectivity index (χ1n) is 6.34. The summed E-state index contributed by atoms with van der Waals surface area (Å²) < 4.78 is 5.31. The maximum Gasteiger partial charge on any atom is 0.122 e. The van der Waals surface area contributed by atoms with Crippen molar-refractivity contribution in [3.8, 4) is 5.75 Å². The Morgan fingerprint density at radius 1 is 1.00 bits per heavy atom. The molecule has 2 nitrogen and oxygen atoms in total. The van der Waals surface area contributed by atoms with Gasteiger partial charge in [0.05, 0.1) is 7.11 Å². The summed E-state index contributed by atoms with van der Waals surface area (Å²) in [6, 6.07) is 6.08. The molecule has 0 fully saturated rings. The smallest absolute Gasteiger partial charge is 0.122 e. The Bertz CT molecular complexity index is 599. The van der Waals surface area contributed by atoms with Crippen LogP contribution in [-0.4, -0.2) is 12.2 Å². The molecule has 2 rings (SSSR count). The van der Waals surface area contributed by atoms with Crippen molar-refractivity contribution in [2.45, 2.75) is 33.8 Å². The zero-order valence-electron chi connectivity index (χ0n) is 12.1. The predicted octanol–water partition coefficient (Wildman–Crippen LogP) is 4.07. The van der Waals surface area contributed by atoms with Crippen LogP contribution in [0.25, 0.3) is 0 Å². The fourth-order valence-electron chi connectivity index (χ4n) is 2.42. The molecule has 1 N–H and O–H groups in total. The average Bonchev–Trinajstić information content (AvgIpc) is 2.70. The number of benzene rings is 1. The highest BCUT2D eigenvalue weighted by Crippen LogP contribution is 2.34. The minimum Gasteiger partial charge on any atom is -0.496 e. The number of rotatable bonds is 3. The molecule has 0 aliphatic heterocycles. The van der Waals surface area contributed by atoms with Gasteiger partial charge in [-0.05, 0) is 68.1 Å². The van der Waals surface area contributed by atoms with Crippen LogP contribution in [-0.2, 0) is 0 Å². The molecular formula is C16H20O2S. The number of hydrogen-bond donors (Lipinski definition) is 1. The highest BCUT2D eigenvalue weighted by molar-refractivity contribution is 7.12. The molecule has 0 aliphatic carbocycles. The first-order chi connectivity index (χ1) is 8.93. The van der Waals surface area contributed by atoms with Gasteiger partial charge in [-0.1, -0.05) is 0 Å². The number of hydrogen-bond acceptors (Lipinski definition) is 3. The van der Waals surface area contributed by atoms with Gasteiger partial charge >= 0.3 is 0 Å². The first kappa shape index (κ1) is 14.1. The average molecular weight is 276 g/mol. The third-order valence-corrected chi connectivity index (χ3v) is 4.43. The van der Waals surface area contributed by atoms with Crippen molar-refractivity contribution in [2.24, 2.45) is 0 Å². The van der Waals surface area contributed by atoms with Gasteiger partial charge in [-0.2, -0.15) is 0 Å². The van der Waals surface area contributed by atoms with Gasteiger partial charge in [-0.25, -0.2) is 0 Å². The quantitative estimate of drug-likeness (QED) is 0.915. The minimum absolute atomic E-state index is 0.561. The molecule has 0 spiro atoms. The summed E-state index contributed by atoms with van der Waals surface area (Å²) in [5.74, 6) is 0.867. The van der Waals surface area contributed by atoms with Gasteiger partial charge in [0.25, 0.3) is 0 Å². The number of thiophene rings is 1.